The fraction of sp³-hybridized carbons (Fsp3) is 0.846. The molecule has 1 saturated carbocycles. The number of ether oxygens (including phenoxy) is 1. The maximum Gasteiger partial charge on any atom is 0.320 e. The van der Waals surface area contributed by atoms with Crippen molar-refractivity contribution in [1.29, 1.82) is 0 Å². The number of rotatable bonds is 4. The van der Waals surface area contributed by atoms with Gasteiger partial charge in [-0.15, -0.1) is 0 Å². The molecule has 0 aromatic rings. The predicted molar refractivity (Wildman–Crippen MR) is 63.5 cm³/mol. The summed E-state index contributed by atoms with van der Waals surface area (Å²) in [4.78, 5) is 23.0. The average molecular weight is 242 g/mol. The molecule has 0 aromatic heterocycles. The molecule has 1 rings (SSSR count). The van der Waals surface area contributed by atoms with Crippen LogP contribution in [0.5, 0.6) is 0 Å². The van der Waals surface area contributed by atoms with Crippen LogP contribution in [0, 0.1) is 17.3 Å². The zero-order valence-corrected chi connectivity index (χ0v) is 10.9. The maximum atomic E-state index is 11.8. The third-order valence-electron chi connectivity index (χ3n) is 3.04. The molecule has 0 radical (unpaired) electrons. The molecule has 0 bridgehead atoms. The van der Waals surface area contributed by atoms with E-state index >= 15 is 0 Å². The van der Waals surface area contributed by atoms with E-state index in [0.29, 0.717) is 0 Å². The summed E-state index contributed by atoms with van der Waals surface area (Å²) in [7, 11) is 0. The lowest BCUT2D eigenvalue weighted by molar-refractivity contribution is -0.163. The van der Waals surface area contributed by atoms with Crippen LogP contribution in [0.15, 0.2) is 0 Å². The number of hydrogen-bond acceptors (Lipinski definition) is 3. The molecule has 0 amide bonds. The Morgan fingerprint density at radius 3 is 2.24 bits per heavy atom. The monoisotopic (exact) mass is 242 g/mol. The molecule has 1 atom stereocenters. The Morgan fingerprint density at radius 1 is 1.29 bits per heavy atom. The smallest absolute Gasteiger partial charge is 0.320 e. The molecule has 0 heterocycles. The molecular weight excluding hydrogens is 220 g/mol. The first-order valence-electron chi connectivity index (χ1n) is 6.21. The van der Waals surface area contributed by atoms with Crippen LogP contribution in [0.2, 0.25) is 0 Å². The van der Waals surface area contributed by atoms with E-state index in [4.69, 9.17) is 9.84 Å². The normalized spacial score (nSPS) is 19.0. The lowest BCUT2D eigenvalue weighted by Gasteiger charge is -2.22. The Bertz CT molecular complexity index is 284. The van der Waals surface area contributed by atoms with E-state index in [0.717, 1.165) is 25.7 Å². The van der Waals surface area contributed by atoms with E-state index in [9.17, 15) is 9.59 Å². The van der Waals surface area contributed by atoms with Crippen molar-refractivity contribution in [1.82, 2.24) is 0 Å². The lowest BCUT2D eigenvalue weighted by Crippen LogP contribution is -2.33. The van der Waals surface area contributed by atoms with Crippen LogP contribution in [0.3, 0.4) is 0 Å². The Kier molecular flexibility index (Phi) is 4.54. The molecule has 17 heavy (non-hydrogen) atoms. The van der Waals surface area contributed by atoms with E-state index in [1.165, 1.54) is 0 Å². The van der Waals surface area contributed by atoms with Gasteiger partial charge in [0.1, 0.15) is 0 Å². The molecule has 0 saturated heterocycles. The van der Waals surface area contributed by atoms with Crippen molar-refractivity contribution >= 4 is 11.9 Å². The van der Waals surface area contributed by atoms with Crippen LogP contribution in [-0.2, 0) is 14.3 Å². The van der Waals surface area contributed by atoms with E-state index in [1.807, 2.05) is 20.8 Å². The second kappa shape index (κ2) is 5.52. The summed E-state index contributed by atoms with van der Waals surface area (Å²) >= 11 is 0. The van der Waals surface area contributed by atoms with E-state index in [-0.39, 0.29) is 17.9 Å². The summed E-state index contributed by atoms with van der Waals surface area (Å²) in [5.41, 5.74) is -0.131. The topological polar surface area (TPSA) is 63.6 Å². The Hall–Kier alpha value is -1.06. The lowest BCUT2D eigenvalue weighted by atomic mass is 9.91. The zero-order chi connectivity index (χ0) is 13.1. The van der Waals surface area contributed by atoms with Crippen LogP contribution in [0.1, 0.15) is 46.5 Å². The highest BCUT2D eigenvalue weighted by Crippen LogP contribution is 2.32. The molecule has 0 spiro atoms. The van der Waals surface area contributed by atoms with Crippen LogP contribution in [-0.4, -0.2) is 23.7 Å². The quantitative estimate of drug-likeness (QED) is 0.607. The summed E-state index contributed by atoms with van der Waals surface area (Å²) in [6.07, 6.45) is 3.67. The molecule has 1 unspecified atom stereocenters. The summed E-state index contributed by atoms with van der Waals surface area (Å²) in [6.45, 7) is 6.12. The van der Waals surface area contributed by atoms with Gasteiger partial charge in [-0.3, -0.25) is 9.59 Å². The first kappa shape index (κ1) is 14.0. The number of carboxylic acids is 1. The summed E-state index contributed by atoms with van der Waals surface area (Å²) < 4.78 is 5.12. The molecule has 4 nitrogen and oxygen atoms in total. The van der Waals surface area contributed by atoms with Crippen molar-refractivity contribution < 1.29 is 19.4 Å². The minimum Gasteiger partial charge on any atom is -0.481 e. The fourth-order valence-corrected chi connectivity index (χ4v) is 2.16. The van der Waals surface area contributed by atoms with Crippen molar-refractivity contribution in [2.45, 2.75) is 46.5 Å². The SMILES string of the molecule is CC(C)(C)COC(=O)C(C(=O)O)C1CCCC1. The van der Waals surface area contributed by atoms with Gasteiger partial charge in [0.25, 0.3) is 0 Å². The molecule has 1 N–H and O–H groups in total. The number of esters is 1. The predicted octanol–water partition coefficient (Wildman–Crippen LogP) is 2.47. The van der Waals surface area contributed by atoms with Crippen LogP contribution >= 0.6 is 0 Å². The van der Waals surface area contributed by atoms with Crippen molar-refractivity contribution in [3.05, 3.63) is 0 Å². The van der Waals surface area contributed by atoms with Gasteiger partial charge in [-0.2, -0.15) is 0 Å². The first-order valence-corrected chi connectivity index (χ1v) is 6.21. The largest absolute Gasteiger partial charge is 0.481 e. The Morgan fingerprint density at radius 2 is 1.82 bits per heavy atom. The van der Waals surface area contributed by atoms with Crippen molar-refractivity contribution in [2.24, 2.45) is 17.3 Å². The van der Waals surface area contributed by atoms with Gasteiger partial charge in [0, 0.05) is 0 Å². The minimum absolute atomic E-state index is 0.0417. The third kappa shape index (κ3) is 4.36. The van der Waals surface area contributed by atoms with Gasteiger partial charge in [0.2, 0.25) is 0 Å². The highest BCUT2D eigenvalue weighted by Gasteiger charge is 2.38. The van der Waals surface area contributed by atoms with Gasteiger partial charge >= 0.3 is 11.9 Å². The molecule has 0 aromatic carbocycles. The zero-order valence-electron chi connectivity index (χ0n) is 10.9. The second-order valence-electron chi connectivity index (χ2n) is 6.03. The number of carboxylic acid groups (broad SMARTS) is 1. The summed E-state index contributed by atoms with van der Waals surface area (Å²) in [5.74, 6) is -2.63. The first-order chi connectivity index (χ1) is 7.81. The highest BCUT2D eigenvalue weighted by molar-refractivity contribution is 5.94. The van der Waals surface area contributed by atoms with Crippen LogP contribution in [0.4, 0.5) is 0 Å². The van der Waals surface area contributed by atoms with E-state index in [2.05, 4.69) is 0 Å². The number of hydrogen-bond donors (Lipinski definition) is 1. The minimum atomic E-state index is -1.05. The van der Waals surface area contributed by atoms with Crippen molar-refractivity contribution in [2.75, 3.05) is 6.61 Å². The van der Waals surface area contributed by atoms with Crippen molar-refractivity contribution in [3.8, 4) is 0 Å². The number of carbonyl (C=O) groups is 2. The molecule has 4 heteroatoms. The highest BCUT2D eigenvalue weighted by atomic mass is 16.5. The average Bonchev–Trinajstić information content (AvgIpc) is 2.66. The summed E-state index contributed by atoms with van der Waals surface area (Å²) in [5, 5.41) is 9.13. The van der Waals surface area contributed by atoms with Gasteiger partial charge in [0.05, 0.1) is 6.61 Å². The maximum absolute atomic E-state index is 11.8. The molecular formula is C13H22O4. The molecule has 1 fully saturated rings. The fourth-order valence-electron chi connectivity index (χ4n) is 2.16. The van der Waals surface area contributed by atoms with Gasteiger partial charge in [-0.05, 0) is 24.2 Å². The number of carbonyl (C=O) groups excluding carboxylic acids is 1. The molecule has 0 aliphatic heterocycles. The van der Waals surface area contributed by atoms with E-state index < -0.39 is 17.9 Å². The molecule has 1 aliphatic carbocycles. The van der Waals surface area contributed by atoms with Crippen LogP contribution in [0.25, 0.3) is 0 Å². The third-order valence-corrected chi connectivity index (χ3v) is 3.04. The Balaban J connectivity index is 2.58. The van der Waals surface area contributed by atoms with Gasteiger partial charge < -0.3 is 9.84 Å². The second-order valence-corrected chi connectivity index (χ2v) is 6.03. The van der Waals surface area contributed by atoms with Gasteiger partial charge in [0.15, 0.2) is 5.92 Å². The molecule has 98 valence electrons. The standard InChI is InChI=1S/C13H22O4/c1-13(2,3)8-17-12(16)10(11(14)15)9-6-4-5-7-9/h9-10H,4-8H2,1-3H3,(H,14,15). The van der Waals surface area contributed by atoms with Crippen LogP contribution < -0.4 is 0 Å². The van der Waals surface area contributed by atoms with Gasteiger partial charge in [-0.25, -0.2) is 0 Å². The van der Waals surface area contributed by atoms with E-state index in [1.54, 1.807) is 0 Å². The summed E-state index contributed by atoms with van der Waals surface area (Å²) in [6, 6.07) is 0. The van der Waals surface area contributed by atoms with Crippen molar-refractivity contribution in [3.63, 3.8) is 0 Å². The van der Waals surface area contributed by atoms with Gasteiger partial charge in [-0.1, -0.05) is 33.6 Å². The number of aliphatic carboxylic acids is 1. The Labute approximate surface area is 102 Å². The molecule has 1 aliphatic rings.